The lowest BCUT2D eigenvalue weighted by atomic mass is 10.5. The van der Waals surface area contributed by atoms with Crippen LogP contribution in [0.1, 0.15) is 0 Å². The number of nitrogens with one attached hydrogen (secondary N) is 1. The first kappa shape index (κ1) is 13.5. The van der Waals surface area contributed by atoms with Gasteiger partial charge in [-0.2, -0.15) is 38.5 Å². The van der Waals surface area contributed by atoms with Crippen LogP contribution in [-0.4, -0.2) is 53.6 Å². The first-order valence-electron chi connectivity index (χ1n) is 6.24. The number of rotatable bonds is 4. The second-order valence-corrected chi connectivity index (χ2v) is 6.79. The fraction of sp³-hybridized carbons (Fsp3) is 0.455. The molecule has 1 saturated heterocycles. The number of hydrogen-bond acceptors (Lipinski definition) is 8. The number of imidazole rings is 1. The molecule has 7 nitrogen and oxygen atoms in total. The van der Waals surface area contributed by atoms with Gasteiger partial charge in [-0.15, -0.1) is 0 Å². The molecule has 2 aromatic heterocycles. The monoisotopic (exact) mass is 309 g/mol. The van der Waals surface area contributed by atoms with Gasteiger partial charge >= 0.3 is 0 Å². The van der Waals surface area contributed by atoms with Crippen molar-refractivity contribution >= 4 is 35.4 Å². The van der Waals surface area contributed by atoms with Gasteiger partial charge in [-0.3, -0.25) is 4.57 Å². The van der Waals surface area contributed by atoms with Crippen molar-refractivity contribution in [1.29, 1.82) is 0 Å². The van der Waals surface area contributed by atoms with Crippen molar-refractivity contribution in [3.8, 4) is 5.95 Å². The van der Waals surface area contributed by atoms with E-state index in [0.29, 0.717) is 17.1 Å². The maximum absolute atomic E-state index is 5.73. The van der Waals surface area contributed by atoms with Gasteiger partial charge in [0.2, 0.25) is 17.8 Å². The van der Waals surface area contributed by atoms with Crippen LogP contribution >= 0.6 is 23.5 Å². The van der Waals surface area contributed by atoms with E-state index in [1.807, 2.05) is 23.5 Å². The Bertz CT molecular complexity index is 554. The summed E-state index contributed by atoms with van der Waals surface area (Å²) in [6, 6.07) is 0. The summed E-state index contributed by atoms with van der Waals surface area (Å²) in [6.07, 6.45) is 5.07. The Kier molecular flexibility index (Phi) is 4.26. The van der Waals surface area contributed by atoms with E-state index < -0.39 is 0 Å². The molecular weight excluding hydrogens is 294 g/mol. The van der Waals surface area contributed by atoms with Crippen LogP contribution in [0.4, 0.5) is 11.9 Å². The second kappa shape index (κ2) is 6.31. The summed E-state index contributed by atoms with van der Waals surface area (Å²) in [7, 11) is 0. The highest BCUT2D eigenvalue weighted by molar-refractivity contribution is 8.06. The van der Waals surface area contributed by atoms with Crippen LogP contribution in [0, 0.1) is 0 Å². The molecule has 0 saturated carbocycles. The Labute approximate surface area is 125 Å². The molecule has 1 fully saturated rings. The molecule has 1 unspecified atom stereocenters. The van der Waals surface area contributed by atoms with Crippen molar-refractivity contribution in [3.05, 3.63) is 18.7 Å². The minimum Gasteiger partial charge on any atom is -0.368 e. The third-order valence-electron chi connectivity index (χ3n) is 2.75. The van der Waals surface area contributed by atoms with Gasteiger partial charge in [0.1, 0.15) is 6.33 Å². The van der Waals surface area contributed by atoms with E-state index in [9.17, 15) is 0 Å². The molecule has 9 heteroatoms. The quantitative estimate of drug-likeness (QED) is 0.860. The lowest BCUT2D eigenvalue weighted by Gasteiger charge is -2.21. The van der Waals surface area contributed by atoms with Gasteiger partial charge < -0.3 is 11.1 Å². The number of thioether (sulfide) groups is 2. The first-order chi connectivity index (χ1) is 9.81. The largest absolute Gasteiger partial charge is 0.368 e. The minimum atomic E-state index is 0.205. The van der Waals surface area contributed by atoms with Crippen LogP contribution in [0.2, 0.25) is 0 Å². The van der Waals surface area contributed by atoms with Crippen LogP contribution in [-0.2, 0) is 0 Å². The van der Waals surface area contributed by atoms with Gasteiger partial charge in [0.15, 0.2) is 0 Å². The van der Waals surface area contributed by atoms with Gasteiger partial charge in [0.25, 0.3) is 0 Å². The molecule has 0 amide bonds. The molecule has 2 aromatic rings. The Balaban J connectivity index is 1.69. The van der Waals surface area contributed by atoms with Gasteiger partial charge in [-0.25, -0.2) is 4.98 Å². The molecule has 20 heavy (non-hydrogen) atoms. The fourth-order valence-corrected chi connectivity index (χ4v) is 4.42. The van der Waals surface area contributed by atoms with E-state index in [0.717, 1.165) is 12.3 Å². The number of hydrogen-bond donors (Lipinski definition) is 2. The molecule has 1 atom stereocenters. The summed E-state index contributed by atoms with van der Waals surface area (Å²) in [5, 5.41) is 3.83. The van der Waals surface area contributed by atoms with E-state index in [1.165, 1.54) is 11.5 Å². The summed E-state index contributed by atoms with van der Waals surface area (Å²) in [5.74, 6) is 4.80. The zero-order valence-corrected chi connectivity index (χ0v) is 12.4. The van der Waals surface area contributed by atoms with Crippen LogP contribution in [0.5, 0.6) is 0 Å². The highest BCUT2D eigenvalue weighted by atomic mass is 32.2. The molecule has 1 aliphatic rings. The number of anilines is 2. The Morgan fingerprint density at radius 1 is 1.35 bits per heavy atom. The molecule has 0 aromatic carbocycles. The predicted octanol–water partition coefficient (Wildman–Crippen LogP) is 0.900. The van der Waals surface area contributed by atoms with Crippen molar-refractivity contribution < 1.29 is 0 Å². The average molecular weight is 309 g/mol. The van der Waals surface area contributed by atoms with Gasteiger partial charge in [0, 0.05) is 41.4 Å². The van der Waals surface area contributed by atoms with Crippen molar-refractivity contribution in [2.45, 2.75) is 5.25 Å². The Hall–Kier alpha value is -1.48. The summed E-state index contributed by atoms with van der Waals surface area (Å²) in [6.45, 7) is 0.838. The predicted molar refractivity (Wildman–Crippen MR) is 83.4 cm³/mol. The lowest BCUT2D eigenvalue weighted by molar-refractivity contribution is 0.889. The maximum Gasteiger partial charge on any atom is 0.241 e. The highest BCUT2D eigenvalue weighted by Crippen LogP contribution is 2.24. The van der Waals surface area contributed by atoms with Crippen LogP contribution in [0.25, 0.3) is 5.95 Å². The van der Waals surface area contributed by atoms with E-state index in [-0.39, 0.29) is 5.95 Å². The fourth-order valence-electron chi connectivity index (χ4n) is 1.81. The molecule has 0 radical (unpaired) electrons. The zero-order chi connectivity index (χ0) is 13.8. The van der Waals surface area contributed by atoms with E-state index in [2.05, 4.69) is 25.3 Å². The molecule has 0 aliphatic carbocycles. The summed E-state index contributed by atoms with van der Waals surface area (Å²) in [5.41, 5.74) is 5.73. The van der Waals surface area contributed by atoms with Crippen molar-refractivity contribution in [1.82, 2.24) is 24.5 Å². The molecule has 106 valence electrons. The first-order valence-corrected chi connectivity index (χ1v) is 8.45. The number of aromatic nitrogens is 5. The van der Waals surface area contributed by atoms with E-state index >= 15 is 0 Å². The summed E-state index contributed by atoms with van der Waals surface area (Å²) < 4.78 is 1.70. The third kappa shape index (κ3) is 3.34. The highest BCUT2D eigenvalue weighted by Gasteiger charge is 2.15. The molecule has 3 heterocycles. The number of nitrogen functional groups attached to an aromatic ring is 1. The Morgan fingerprint density at radius 2 is 2.30 bits per heavy atom. The molecule has 3 rings (SSSR count). The third-order valence-corrected chi connectivity index (χ3v) is 5.59. The zero-order valence-electron chi connectivity index (χ0n) is 10.8. The summed E-state index contributed by atoms with van der Waals surface area (Å²) in [4.78, 5) is 16.5. The smallest absolute Gasteiger partial charge is 0.241 e. The second-order valence-electron chi connectivity index (χ2n) is 4.24. The SMILES string of the molecule is Nc1nc(NCC2CSCCS2)nc(-n2ccnc2)n1. The van der Waals surface area contributed by atoms with Gasteiger partial charge in [-0.05, 0) is 0 Å². The van der Waals surface area contributed by atoms with Crippen molar-refractivity contribution in [2.24, 2.45) is 0 Å². The topological polar surface area (TPSA) is 94.5 Å². The van der Waals surface area contributed by atoms with Crippen molar-refractivity contribution in [2.75, 3.05) is 34.9 Å². The van der Waals surface area contributed by atoms with E-state index in [1.54, 1.807) is 23.3 Å². The van der Waals surface area contributed by atoms with Crippen LogP contribution in [0.3, 0.4) is 0 Å². The van der Waals surface area contributed by atoms with Crippen molar-refractivity contribution in [3.63, 3.8) is 0 Å². The van der Waals surface area contributed by atoms with Gasteiger partial charge in [0.05, 0.1) is 0 Å². The van der Waals surface area contributed by atoms with Gasteiger partial charge in [-0.1, -0.05) is 0 Å². The molecule has 0 bridgehead atoms. The van der Waals surface area contributed by atoms with E-state index in [4.69, 9.17) is 5.73 Å². The molecular formula is C11H15N7S2. The maximum atomic E-state index is 5.73. The van der Waals surface area contributed by atoms with Crippen LogP contribution in [0.15, 0.2) is 18.7 Å². The standard InChI is InChI=1S/C11H15N7S2/c12-9-15-10(14-5-8-6-19-3-4-20-8)17-11(16-9)18-2-1-13-7-18/h1-2,7-8H,3-6H2,(H3,12,14,15,16,17). The Morgan fingerprint density at radius 3 is 3.05 bits per heavy atom. The molecule has 0 spiro atoms. The average Bonchev–Trinajstić information content (AvgIpc) is 3.00. The lowest BCUT2D eigenvalue weighted by Crippen LogP contribution is -2.24. The number of nitrogens with two attached hydrogens (primary N) is 1. The van der Waals surface area contributed by atoms with Crippen LogP contribution < -0.4 is 11.1 Å². The molecule has 1 aliphatic heterocycles. The normalized spacial score (nSPS) is 18.9. The summed E-state index contributed by atoms with van der Waals surface area (Å²) >= 11 is 3.98. The number of nitrogens with zero attached hydrogens (tertiary/aromatic N) is 5. The molecule has 3 N–H and O–H groups in total. The minimum absolute atomic E-state index is 0.205.